The van der Waals surface area contributed by atoms with Crippen LogP contribution in [0.3, 0.4) is 0 Å². The monoisotopic (exact) mass is 295 g/mol. The predicted molar refractivity (Wildman–Crippen MR) is 77.8 cm³/mol. The molecule has 1 aromatic heterocycles. The maximum Gasteiger partial charge on any atom is 0.242 e. The molecular formula is C13H17N3O3S. The molecule has 0 aliphatic rings. The molecule has 0 atom stereocenters. The van der Waals surface area contributed by atoms with Crippen molar-refractivity contribution in [3.05, 3.63) is 30.5 Å². The number of benzene rings is 1. The molecule has 0 bridgehead atoms. The summed E-state index contributed by atoms with van der Waals surface area (Å²) < 4.78 is 32.1. The van der Waals surface area contributed by atoms with E-state index in [4.69, 9.17) is 10.5 Å². The van der Waals surface area contributed by atoms with Gasteiger partial charge < -0.3 is 10.5 Å². The molecule has 0 saturated carbocycles. The van der Waals surface area contributed by atoms with Crippen molar-refractivity contribution in [2.75, 3.05) is 25.5 Å². The number of pyridine rings is 1. The third-order valence-electron chi connectivity index (χ3n) is 2.80. The highest BCUT2D eigenvalue weighted by molar-refractivity contribution is 7.89. The van der Waals surface area contributed by atoms with Crippen molar-refractivity contribution in [3.8, 4) is 0 Å². The third-order valence-corrected chi connectivity index (χ3v) is 4.29. The number of sulfonamides is 1. The van der Waals surface area contributed by atoms with Crippen molar-refractivity contribution in [2.45, 2.75) is 11.8 Å². The lowest BCUT2D eigenvalue weighted by molar-refractivity contribution is 0.153. The Morgan fingerprint density at radius 1 is 1.35 bits per heavy atom. The SMILES string of the molecule is CCOCCNS(=O)(=O)c1ccc(N)c2cccnc12. The maximum atomic E-state index is 12.3. The van der Waals surface area contributed by atoms with Crippen LogP contribution in [0.1, 0.15) is 6.92 Å². The molecule has 2 rings (SSSR count). The van der Waals surface area contributed by atoms with Crippen LogP contribution in [0.25, 0.3) is 10.9 Å². The standard InChI is InChI=1S/C13H17N3O3S/c1-2-19-9-8-16-20(17,18)12-6-5-11(14)10-4-3-7-15-13(10)12/h3-7,16H,2,8-9,14H2,1H3. The molecule has 0 fully saturated rings. The second-order valence-electron chi connectivity index (χ2n) is 4.15. The van der Waals surface area contributed by atoms with Crippen LogP contribution in [0.4, 0.5) is 5.69 Å². The quantitative estimate of drug-likeness (QED) is 0.615. The van der Waals surface area contributed by atoms with Gasteiger partial charge in [-0.1, -0.05) is 0 Å². The number of nitrogens with one attached hydrogen (secondary N) is 1. The molecule has 0 spiro atoms. The first-order valence-electron chi connectivity index (χ1n) is 6.27. The second kappa shape index (κ2) is 6.17. The molecule has 3 N–H and O–H groups in total. The smallest absolute Gasteiger partial charge is 0.242 e. The summed E-state index contributed by atoms with van der Waals surface area (Å²) in [5, 5.41) is 0.625. The maximum absolute atomic E-state index is 12.3. The van der Waals surface area contributed by atoms with E-state index in [0.717, 1.165) is 0 Å². The average molecular weight is 295 g/mol. The second-order valence-corrected chi connectivity index (χ2v) is 5.88. The molecule has 0 aliphatic carbocycles. The summed E-state index contributed by atoms with van der Waals surface area (Å²) in [4.78, 5) is 4.25. The van der Waals surface area contributed by atoms with Gasteiger partial charge in [-0.25, -0.2) is 13.1 Å². The Kier molecular flexibility index (Phi) is 4.53. The minimum atomic E-state index is -3.63. The summed E-state index contributed by atoms with van der Waals surface area (Å²) in [7, 11) is -3.63. The number of nitrogen functional groups attached to an aromatic ring is 1. The first-order chi connectivity index (χ1) is 9.56. The lowest BCUT2D eigenvalue weighted by atomic mass is 10.2. The van der Waals surface area contributed by atoms with Gasteiger partial charge in [0.05, 0.1) is 12.1 Å². The van der Waals surface area contributed by atoms with Gasteiger partial charge in [-0.2, -0.15) is 0 Å². The summed E-state index contributed by atoms with van der Waals surface area (Å²) in [6, 6.07) is 6.50. The van der Waals surface area contributed by atoms with E-state index < -0.39 is 10.0 Å². The van der Waals surface area contributed by atoms with Gasteiger partial charge >= 0.3 is 0 Å². The topological polar surface area (TPSA) is 94.3 Å². The Morgan fingerprint density at radius 3 is 2.90 bits per heavy atom. The van der Waals surface area contributed by atoms with Crippen molar-refractivity contribution < 1.29 is 13.2 Å². The highest BCUT2D eigenvalue weighted by atomic mass is 32.2. The summed E-state index contributed by atoms with van der Waals surface area (Å²) >= 11 is 0. The zero-order valence-corrected chi connectivity index (χ0v) is 12.0. The van der Waals surface area contributed by atoms with E-state index in [0.29, 0.717) is 29.8 Å². The molecule has 0 unspecified atom stereocenters. The number of hydrogen-bond acceptors (Lipinski definition) is 5. The summed E-state index contributed by atoms with van der Waals surface area (Å²) in [5.41, 5.74) is 6.71. The largest absolute Gasteiger partial charge is 0.398 e. The van der Waals surface area contributed by atoms with E-state index in [9.17, 15) is 8.42 Å². The van der Waals surface area contributed by atoms with Gasteiger partial charge in [0.25, 0.3) is 0 Å². The minimum absolute atomic E-state index is 0.124. The van der Waals surface area contributed by atoms with Gasteiger partial charge in [0, 0.05) is 30.4 Å². The minimum Gasteiger partial charge on any atom is -0.398 e. The molecule has 0 saturated heterocycles. The number of anilines is 1. The van der Waals surface area contributed by atoms with Crippen LogP contribution in [0.15, 0.2) is 35.4 Å². The van der Waals surface area contributed by atoms with Crippen molar-refractivity contribution >= 4 is 26.6 Å². The molecule has 20 heavy (non-hydrogen) atoms. The molecule has 0 aliphatic heterocycles. The van der Waals surface area contributed by atoms with E-state index >= 15 is 0 Å². The number of ether oxygens (including phenoxy) is 1. The van der Waals surface area contributed by atoms with Crippen LogP contribution in [0.2, 0.25) is 0 Å². The lowest BCUT2D eigenvalue weighted by Crippen LogP contribution is -2.27. The van der Waals surface area contributed by atoms with E-state index in [2.05, 4.69) is 9.71 Å². The van der Waals surface area contributed by atoms with Gasteiger partial charge in [0.2, 0.25) is 10.0 Å². The fraction of sp³-hybridized carbons (Fsp3) is 0.308. The summed E-state index contributed by atoms with van der Waals surface area (Å²) in [6.45, 7) is 2.95. The van der Waals surface area contributed by atoms with Gasteiger partial charge in [0.1, 0.15) is 4.90 Å². The molecule has 0 amide bonds. The van der Waals surface area contributed by atoms with Gasteiger partial charge in [0.15, 0.2) is 0 Å². The summed E-state index contributed by atoms with van der Waals surface area (Å²) in [6.07, 6.45) is 1.54. The fourth-order valence-electron chi connectivity index (χ4n) is 1.86. The van der Waals surface area contributed by atoms with Crippen molar-refractivity contribution in [2.24, 2.45) is 0 Å². The lowest BCUT2D eigenvalue weighted by Gasteiger charge is -2.10. The average Bonchev–Trinajstić information content (AvgIpc) is 2.44. The highest BCUT2D eigenvalue weighted by Gasteiger charge is 2.18. The van der Waals surface area contributed by atoms with E-state index in [1.165, 1.54) is 6.07 Å². The Labute approximate surface area is 118 Å². The summed E-state index contributed by atoms with van der Waals surface area (Å²) in [5.74, 6) is 0. The van der Waals surface area contributed by atoms with Crippen molar-refractivity contribution in [1.29, 1.82) is 0 Å². The first kappa shape index (κ1) is 14.7. The van der Waals surface area contributed by atoms with E-state index in [-0.39, 0.29) is 11.4 Å². The van der Waals surface area contributed by atoms with Crippen LogP contribution in [-0.2, 0) is 14.8 Å². The van der Waals surface area contributed by atoms with Crippen LogP contribution in [0.5, 0.6) is 0 Å². The number of nitrogens with zero attached hydrogens (tertiary/aromatic N) is 1. The number of fused-ring (bicyclic) bond motifs is 1. The number of aromatic nitrogens is 1. The zero-order valence-electron chi connectivity index (χ0n) is 11.2. The Hall–Kier alpha value is -1.70. The zero-order chi connectivity index (χ0) is 14.6. The Morgan fingerprint density at radius 2 is 2.15 bits per heavy atom. The molecule has 6 nitrogen and oxygen atoms in total. The van der Waals surface area contributed by atoms with Crippen molar-refractivity contribution in [1.82, 2.24) is 9.71 Å². The predicted octanol–water partition coefficient (Wildman–Crippen LogP) is 1.13. The van der Waals surface area contributed by atoms with Crippen LogP contribution in [-0.4, -0.2) is 33.2 Å². The van der Waals surface area contributed by atoms with E-state index in [1.54, 1.807) is 24.4 Å². The molecule has 1 aromatic carbocycles. The normalized spacial score (nSPS) is 11.8. The fourth-order valence-corrected chi connectivity index (χ4v) is 3.03. The van der Waals surface area contributed by atoms with Crippen LogP contribution in [0, 0.1) is 0 Å². The molecule has 0 radical (unpaired) electrons. The van der Waals surface area contributed by atoms with Gasteiger partial charge in [-0.3, -0.25) is 4.98 Å². The molecular weight excluding hydrogens is 278 g/mol. The molecule has 2 aromatic rings. The molecule has 7 heteroatoms. The number of nitrogens with two attached hydrogens (primary N) is 1. The Balaban J connectivity index is 2.35. The Bertz CT molecular complexity index is 701. The van der Waals surface area contributed by atoms with Crippen LogP contribution < -0.4 is 10.5 Å². The number of hydrogen-bond donors (Lipinski definition) is 2. The van der Waals surface area contributed by atoms with Gasteiger partial charge in [-0.05, 0) is 31.2 Å². The highest BCUT2D eigenvalue weighted by Crippen LogP contribution is 2.25. The first-order valence-corrected chi connectivity index (χ1v) is 7.75. The van der Waals surface area contributed by atoms with Crippen LogP contribution >= 0.6 is 0 Å². The number of rotatable bonds is 6. The molecule has 108 valence electrons. The van der Waals surface area contributed by atoms with Gasteiger partial charge in [-0.15, -0.1) is 0 Å². The molecule has 1 heterocycles. The van der Waals surface area contributed by atoms with E-state index in [1.807, 2.05) is 6.92 Å². The van der Waals surface area contributed by atoms with Crippen molar-refractivity contribution in [3.63, 3.8) is 0 Å². The third kappa shape index (κ3) is 3.06.